The van der Waals surface area contributed by atoms with Crippen molar-refractivity contribution < 1.29 is 9.59 Å². The first-order valence-electron chi connectivity index (χ1n) is 3.69. The van der Waals surface area contributed by atoms with E-state index in [9.17, 15) is 9.59 Å². The molecule has 13 heavy (non-hydrogen) atoms. The molecule has 0 heterocycles. The van der Waals surface area contributed by atoms with Gasteiger partial charge in [-0.3, -0.25) is 4.79 Å². The maximum atomic E-state index is 10.6. The van der Waals surface area contributed by atoms with Crippen LogP contribution in [0.3, 0.4) is 0 Å². The molecule has 2 amide bonds. The molecule has 4 nitrogen and oxygen atoms in total. The number of benzene rings is 1. The van der Waals surface area contributed by atoms with Crippen LogP contribution < -0.4 is 11.1 Å². The molecule has 0 unspecified atom stereocenters. The Balaban J connectivity index is 3.14. The van der Waals surface area contributed by atoms with Crippen molar-refractivity contribution in [1.82, 2.24) is 0 Å². The number of amides is 2. The van der Waals surface area contributed by atoms with Gasteiger partial charge in [0.05, 0.1) is 5.69 Å². The summed E-state index contributed by atoms with van der Waals surface area (Å²) in [6.45, 7) is 1.77. The number of anilines is 1. The van der Waals surface area contributed by atoms with Crippen molar-refractivity contribution in [3.63, 3.8) is 0 Å². The maximum absolute atomic E-state index is 10.6. The highest BCUT2D eigenvalue weighted by atomic mass is 16.2. The van der Waals surface area contributed by atoms with Crippen LogP contribution in [0.25, 0.3) is 0 Å². The SMILES string of the molecule is Cc1cccc([C]=O)c1NC(N)=O. The van der Waals surface area contributed by atoms with E-state index in [0.29, 0.717) is 11.3 Å². The minimum Gasteiger partial charge on any atom is -0.351 e. The van der Waals surface area contributed by atoms with Crippen LogP contribution in [0.15, 0.2) is 18.2 Å². The summed E-state index contributed by atoms with van der Waals surface area (Å²) in [6.07, 6.45) is 1.72. The Labute approximate surface area is 75.7 Å². The third kappa shape index (κ3) is 2.05. The van der Waals surface area contributed by atoms with Crippen LogP contribution in [0.1, 0.15) is 11.1 Å². The Bertz CT molecular complexity index is 347. The first kappa shape index (κ1) is 9.25. The normalized spacial score (nSPS) is 9.31. The van der Waals surface area contributed by atoms with Crippen molar-refractivity contribution in [2.24, 2.45) is 5.73 Å². The Morgan fingerprint density at radius 1 is 1.54 bits per heavy atom. The predicted molar refractivity (Wildman–Crippen MR) is 49.2 cm³/mol. The summed E-state index contributed by atoms with van der Waals surface area (Å²) < 4.78 is 0. The van der Waals surface area contributed by atoms with Crippen molar-refractivity contribution in [3.8, 4) is 0 Å². The van der Waals surface area contributed by atoms with Crippen molar-refractivity contribution in [3.05, 3.63) is 29.3 Å². The molecule has 1 aromatic carbocycles. The van der Waals surface area contributed by atoms with Crippen LogP contribution in [0.5, 0.6) is 0 Å². The fraction of sp³-hybridized carbons (Fsp3) is 0.111. The van der Waals surface area contributed by atoms with Crippen LogP contribution in [0, 0.1) is 6.92 Å². The molecule has 0 aromatic heterocycles. The van der Waals surface area contributed by atoms with E-state index >= 15 is 0 Å². The molecular weight excluding hydrogens is 168 g/mol. The molecule has 1 rings (SSSR count). The van der Waals surface area contributed by atoms with Crippen molar-refractivity contribution >= 4 is 18.0 Å². The Morgan fingerprint density at radius 2 is 2.23 bits per heavy atom. The molecule has 0 spiro atoms. The molecule has 1 radical (unpaired) electrons. The molecule has 67 valence electrons. The number of carbonyl (C=O) groups excluding carboxylic acids is 2. The molecule has 0 atom stereocenters. The smallest absolute Gasteiger partial charge is 0.316 e. The number of aryl methyl sites for hydroxylation is 1. The molecule has 0 aliphatic rings. The fourth-order valence-electron chi connectivity index (χ4n) is 1.04. The van der Waals surface area contributed by atoms with Gasteiger partial charge >= 0.3 is 6.03 Å². The van der Waals surface area contributed by atoms with Gasteiger partial charge in [-0.1, -0.05) is 12.1 Å². The lowest BCUT2D eigenvalue weighted by molar-refractivity contribution is 0.259. The predicted octanol–water partition coefficient (Wildman–Crippen LogP) is 0.943. The topological polar surface area (TPSA) is 72.2 Å². The molecular formula is C9H9N2O2. The van der Waals surface area contributed by atoms with Crippen LogP contribution in [-0.4, -0.2) is 12.3 Å². The molecule has 0 aliphatic heterocycles. The molecule has 1 aromatic rings. The van der Waals surface area contributed by atoms with Crippen LogP contribution in [0.4, 0.5) is 10.5 Å². The standard InChI is InChI=1S/C9H9N2O2/c1-6-3-2-4-7(5-12)8(6)11-9(10)13/h2-4H,1H3,(H3,10,11,13). The van der Waals surface area contributed by atoms with E-state index < -0.39 is 6.03 Å². The molecule has 4 heteroatoms. The second kappa shape index (κ2) is 3.71. The van der Waals surface area contributed by atoms with Gasteiger partial charge in [0.2, 0.25) is 6.29 Å². The monoisotopic (exact) mass is 177 g/mol. The lowest BCUT2D eigenvalue weighted by Gasteiger charge is -2.07. The number of para-hydroxylation sites is 1. The zero-order valence-corrected chi connectivity index (χ0v) is 7.13. The van der Waals surface area contributed by atoms with Crippen molar-refractivity contribution in [2.75, 3.05) is 5.32 Å². The number of hydrogen-bond acceptors (Lipinski definition) is 2. The minimum atomic E-state index is -0.689. The quantitative estimate of drug-likeness (QED) is 0.705. The number of nitrogens with one attached hydrogen (secondary N) is 1. The lowest BCUT2D eigenvalue weighted by Crippen LogP contribution is -2.20. The van der Waals surface area contributed by atoms with E-state index in [-0.39, 0.29) is 0 Å². The zero-order chi connectivity index (χ0) is 9.84. The van der Waals surface area contributed by atoms with E-state index in [4.69, 9.17) is 5.73 Å². The van der Waals surface area contributed by atoms with E-state index in [2.05, 4.69) is 5.32 Å². The third-order valence-electron chi connectivity index (χ3n) is 1.63. The molecule has 0 fully saturated rings. The Hall–Kier alpha value is -1.84. The second-order valence-electron chi connectivity index (χ2n) is 2.59. The summed E-state index contributed by atoms with van der Waals surface area (Å²) in [5, 5.41) is 2.37. The summed E-state index contributed by atoms with van der Waals surface area (Å²) in [4.78, 5) is 21.0. The second-order valence-corrected chi connectivity index (χ2v) is 2.59. The first-order valence-corrected chi connectivity index (χ1v) is 3.69. The summed E-state index contributed by atoms with van der Waals surface area (Å²) in [5.41, 5.74) is 6.44. The molecule has 0 saturated heterocycles. The maximum Gasteiger partial charge on any atom is 0.316 e. The van der Waals surface area contributed by atoms with Crippen LogP contribution in [-0.2, 0) is 4.79 Å². The van der Waals surface area contributed by atoms with Crippen molar-refractivity contribution in [1.29, 1.82) is 0 Å². The zero-order valence-electron chi connectivity index (χ0n) is 7.13. The average molecular weight is 177 g/mol. The highest BCUT2D eigenvalue weighted by Crippen LogP contribution is 2.18. The molecule has 0 bridgehead atoms. The number of hydrogen-bond donors (Lipinski definition) is 2. The lowest BCUT2D eigenvalue weighted by atomic mass is 10.1. The van der Waals surface area contributed by atoms with E-state index in [1.54, 1.807) is 31.4 Å². The van der Waals surface area contributed by atoms with E-state index in [1.165, 1.54) is 0 Å². The molecule has 3 N–H and O–H groups in total. The number of urea groups is 1. The van der Waals surface area contributed by atoms with E-state index in [1.807, 2.05) is 0 Å². The molecule has 0 aliphatic carbocycles. The largest absolute Gasteiger partial charge is 0.351 e. The molecule has 0 saturated carbocycles. The summed E-state index contributed by atoms with van der Waals surface area (Å²) in [5.74, 6) is 0. The van der Waals surface area contributed by atoms with Gasteiger partial charge in [-0.15, -0.1) is 0 Å². The fourth-order valence-corrected chi connectivity index (χ4v) is 1.04. The van der Waals surface area contributed by atoms with Gasteiger partial charge in [-0.05, 0) is 18.6 Å². The van der Waals surface area contributed by atoms with Crippen LogP contribution in [0.2, 0.25) is 0 Å². The van der Waals surface area contributed by atoms with Gasteiger partial charge in [0.15, 0.2) is 0 Å². The van der Waals surface area contributed by atoms with Gasteiger partial charge in [0.25, 0.3) is 0 Å². The minimum absolute atomic E-state index is 0.304. The number of nitrogens with two attached hydrogens (primary N) is 1. The highest BCUT2D eigenvalue weighted by molar-refractivity contribution is 5.95. The third-order valence-corrected chi connectivity index (χ3v) is 1.63. The number of rotatable bonds is 2. The summed E-state index contributed by atoms with van der Waals surface area (Å²) >= 11 is 0. The van der Waals surface area contributed by atoms with Crippen molar-refractivity contribution in [2.45, 2.75) is 6.92 Å². The number of carbonyl (C=O) groups is 1. The van der Waals surface area contributed by atoms with Gasteiger partial charge in [-0.2, -0.15) is 0 Å². The van der Waals surface area contributed by atoms with Gasteiger partial charge in [0, 0.05) is 5.56 Å². The Morgan fingerprint density at radius 3 is 2.77 bits per heavy atom. The van der Waals surface area contributed by atoms with Gasteiger partial charge < -0.3 is 11.1 Å². The number of primary amides is 1. The Kier molecular flexibility index (Phi) is 2.64. The van der Waals surface area contributed by atoms with Gasteiger partial charge in [0.1, 0.15) is 0 Å². The first-order chi connectivity index (χ1) is 6.15. The van der Waals surface area contributed by atoms with Gasteiger partial charge in [-0.25, -0.2) is 4.79 Å². The summed E-state index contributed by atoms with van der Waals surface area (Å²) in [7, 11) is 0. The van der Waals surface area contributed by atoms with Crippen LogP contribution >= 0.6 is 0 Å². The van der Waals surface area contributed by atoms with E-state index in [0.717, 1.165) is 5.56 Å². The highest BCUT2D eigenvalue weighted by Gasteiger charge is 2.06. The average Bonchev–Trinajstić information content (AvgIpc) is 2.08. The summed E-state index contributed by atoms with van der Waals surface area (Å²) in [6, 6.07) is 4.35.